The minimum Gasteiger partial charge on any atom is -0.366 e. The van der Waals surface area contributed by atoms with Gasteiger partial charge in [0.25, 0.3) is 0 Å². The number of nitrogens with zero attached hydrogens (tertiary/aromatic N) is 2. The normalized spacial score (nSPS) is 10.3. The first-order valence-corrected chi connectivity index (χ1v) is 5.45. The van der Waals surface area contributed by atoms with Gasteiger partial charge in [-0.05, 0) is 26.0 Å². The molecule has 4 heteroatoms. The van der Waals surface area contributed by atoms with Gasteiger partial charge >= 0.3 is 0 Å². The van der Waals surface area contributed by atoms with E-state index < -0.39 is 0 Å². The van der Waals surface area contributed by atoms with E-state index in [0.717, 1.165) is 0 Å². The zero-order chi connectivity index (χ0) is 12.3. The third-order valence-electron chi connectivity index (χ3n) is 2.40. The van der Waals surface area contributed by atoms with Gasteiger partial charge in [0.05, 0.1) is 0 Å². The first-order chi connectivity index (χ1) is 8.18. The summed E-state index contributed by atoms with van der Waals surface area (Å²) in [5, 5.41) is 3.86. The van der Waals surface area contributed by atoms with Crippen LogP contribution in [0.2, 0.25) is 0 Å². The molecular formula is C13H14FN3. The maximum absolute atomic E-state index is 13.5. The Bertz CT molecular complexity index is 560. The number of fused-ring (bicyclic) bond motifs is 1. The molecule has 0 spiro atoms. The molecule has 0 aliphatic carbocycles. The molecule has 0 amide bonds. The molecule has 88 valence electrons. The molecule has 2 aromatic rings. The molecule has 0 atom stereocenters. The largest absolute Gasteiger partial charge is 0.366 e. The average molecular weight is 231 g/mol. The highest BCUT2D eigenvalue weighted by Gasteiger charge is 2.05. The van der Waals surface area contributed by atoms with Crippen LogP contribution in [0.15, 0.2) is 36.2 Å². The second kappa shape index (κ2) is 4.91. The van der Waals surface area contributed by atoms with Crippen LogP contribution in [0.1, 0.15) is 13.8 Å². The van der Waals surface area contributed by atoms with E-state index in [-0.39, 0.29) is 5.82 Å². The number of benzene rings is 1. The fourth-order valence-corrected chi connectivity index (χ4v) is 1.54. The Morgan fingerprint density at radius 2 is 2.18 bits per heavy atom. The molecule has 0 aliphatic rings. The van der Waals surface area contributed by atoms with Crippen molar-refractivity contribution >= 4 is 16.7 Å². The van der Waals surface area contributed by atoms with Gasteiger partial charge in [-0.15, -0.1) is 0 Å². The summed E-state index contributed by atoms with van der Waals surface area (Å²) in [4.78, 5) is 8.07. The van der Waals surface area contributed by atoms with E-state index in [2.05, 4.69) is 15.3 Å². The van der Waals surface area contributed by atoms with E-state index in [1.54, 1.807) is 6.07 Å². The molecule has 1 aromatic carbocycles. The fourth-order valence-electron chi connectivity index (χ4n) is 1.54. The summed E-state index contributed by atoms with van der Waals surface area (Å²) in [5.74, 6) is 0.335. The first-order valence-electron chi connectivity index (χ1n) is 5.45. The van der Waals surface area contributed by atoms with E-state index in [1.807, 2.05) is 26.0 Å². The minimum atomic E-state index is -0.324. The summed E-state index contributed by atoms with van der Waals surface area (Å²) in [5.41, 5.74) is 1.57. The zero-order valence-corrected chi connectivity index (χ0v) is 9.87. The van der Waals surface area contributed by atoms with Gasteiger partial charge in [0.1, 0.15) is 23.5 Å². The topological polar surface area (TPSA) is 37.8 Å². The lowest BCUT2D eigenvalue weighted by atomic mass is 10.2. The van der Waals surface area contributed by atoms with Crippen LogP contribution in [0.3, 0.4) is 0 Å². The molecule has 0 unspecified atom stereocenters. The standard InChI is InChI=1S/C13H14FN3/c1-9(2)6-7-15-13-10-4-3-5-11(14)12(10)16-8-17-13/h3-6,8H,7H2,1-2H3,(H,15,16,17). The van der Waals surface area contributed by atoms with Crippen LogP contribution in [-0.4, -0.2) is 16.5 Å². The lowest BCUT2D eigenvalue weighted by Gasteiger charge is -2.06. The summed E-state index contributed by atoms with van der Waals surface area (Å²) < 4.78 is 13.5. The van der Waals surface area contributed by atoms with E-state index in [1.165, 1.54) is 18.0 Å². The highest BCUT2D eigenvalue weighted by molar-refractivity contribution is 5.89. The van der Waals surface area contributed by atoms with Crippen LogP contribution in [0.25, 0.3) is 10.9 Å². The maximum atomic E-state index is 13.5. The van der Waals surface area contributed by atoms with Crippen LogP contribution in [0.5, 0.6) is 0 Å². The first kappa shape index (κ1) is 11.5. The molecule has 3 nitrogen and oxygen atoms in total. The van der Waals surface area contributed by atoms with Crippen molar-refractivity contribution in [2.24, 2.45) is 0 Å². The van der Waals surface area contributed by atoms with Crippen molar-refractivity contribution in [3.8, 4) is 0 Å². The van der Waals surface area contributed by atoms with E-state index >= 15 is 0 Å². The van der Waals surface area contributed by atoms with Gasteiger partial charge in [0, 0.05) is 11.9 Å². The van der Waals surface area contributed by atoms with Gasteiger partial charge in [-0.25, -0.2) is 14.4 Å². The number of allylic oxidation sites excluding steroid dienone is 1. The summed E-state index contributed by atoms with van der Waals surface area (Å²) >= 11 is 0. The van der Waals surface area contributed by atoms with Crippen LogP contribution in [0, 0.1) is 5.82 Å². The zero-order valence-electron chi connectivity index (χ0n) is 9.87. The van der Waals surface area contributed by atoms with Crippen molar-refractivity contribution in [2.75, 3.05) is 11.9 Å². The number of rotatable bonds is 3. The second-order valence-corrected chi connectivity index (χ2v) is 4.02. The Labute approximate surface area is 99.4 Å². The van der Waals surface area contributed by atoms with Crippen LogP contribution in [-0.2, 0) is 0 Å². The number of anilines is 1. The summed E-state index contributed by atoms with van der Waals surface area (Å²) in [6, 6.07) is 4.87. The average Bonchev–Trinajstić information content (AvgIpc) is 2.30. The predicted octanol–water partition coefficient (Wildman–Crippen LogP) is 3.15. The minimum absolute atomic E-state index is 0.324. The molecule has 0 radical (unpaired) electrons. The summed E-state index contributed by atoms with van der Waals surface area (Å²) in [6.45, 7) is 4.73. The van der Waals surface area contributed by atoms with Crippen LogP contribution >= 0.6 is 0 Å². The van der Waals surface area contributed by atoms with Crippen molar-refractivity contribution in [3.05, 3.63) is 42.0 Å². The van der Waals surface area contributed by atoms with Gasteiger partial charge in [-0.3, -0.25) is 0 Å². The second-order valence-electron chi connectivity index (χ2n) is 4.02. The highest BCUT2D eigenvalue weighted by atomic mass is 19.1. The van der Waals surface area contributed by atoms with Crippen molar-refractivity contribution in [3.63, 3.8) is 0 Å². The fraction of sp³-hybridized carbons (Fsp3) is 0.231. The Hall–Kier alpha value is -1.97. The van der Waals surface area contributed by atoms with Crippen LogP contribution in [0.4, 0.5) is 10.2 Å². The van der Waals surface area contributed by atoms with Gasteiger partial charge < -0.3 is 5.32 Å². The molecule has 1 N–H and O–H groups in total. The van der Waals surface area contributed by atoms with Gasteiger partial charge in [-0.1, -0.05) is 17.7 Å². The Morgan fingerprint density at radius 1 is 1.35 bits per heavy atom. The summed E-state index contributed by atoms with van der Waals surface area (Å²) in [7, 11) is 0. The third-order valence-corrected chi connectivity index (χ3v) is 2.40. The van der Waals surface area contributed by atoms with Gasteiger partial charge in [-0.2, -0.15) is 0 Å². The van der Waals surface area contributed by atoms with E-state index in [9.17, 15) is 4.39 Å². The molecule has 0 bridgehead atoms. The number of nitrogens with one attached hydrogen (secondary N) is 1. The monoisotopic (exact) mass is 231 g/mol. The molecule has 0 fully saturated rings. The van der Waals surface area contributed by atoms with Crippen molar-refractivity contribution in [1.29, 1.82) is 0 Å². The van der Waals surface area contributed by atoms with Crippen LogP contribution < -0.4 is 5.32 Å². The lowest BCUT2D eigenvalue weighted by Crippen LogP contribution is -2.02. The molecule has 0 saturated carbocycles. The van der Waals surface area contributed by atoms with Gasteiger partial charge in [0.15, 0.2) is 0 Å². The molecule has 1 aromatic heterocycles. The quantitative estimate of drug-likeness (QED) is 0.824. The van der Waals surface area contributed by atoms with Crippen molar-refractivity contribution < 1.29 is 4.39 Å². The lowest BCUT2D eigenvalue weighted by molar-refractivity contribution is 0.636. The molecule has 17 heavy (non-hydrogen) atoms. The van der Waals surface area contributed by atoms with Crippen molar-refractivity contribution in [2.45, 2.75) is 13.8 Å². The third kappa shape index (κ3) is 2.58. The molecule has 0 aliphatic heterocycles. The molecule has 2 rings (SSSR count). The number of halogens is 1. The Balaban J connectivity index is 2.35. The predicted molar refractivity (Wildman–Crippen MR) is 67.4 cm³/mol. The number of para-hydroxylation sites is 1. The molecule has 1 heterocycles. The SMILES string of the molecule is CC(C)=CCNc1ncnc2c(F)cccc12. The Morgan fingerprint density at radius 3 is 2.94 bits per heavy atom. The number of hydrogen-bond acceptors (Lipinski definition) is 3. The van der Waals surface area contributed by atoms with Gasteiger partial charge in [0.2, 0.25) is 0 Å². The van der Waals surface area contributed by atoms with Crippen molar-refractivity contribution in [1.82, 2.24) is 9.97 Å². The molecular weight excluding hydrogens is 217 g/mol. The van der Waals surface area contributed by atoms with E-state index in [4.69, 9.17) is 0 Å². The maximum Gasteiger partial charge on any atom is 0.149 e. The smallest absolute Gasteiger partial charge is 0.149 e. The number of hydrogen-bond donors (Lipinski definition) is 1. The van der Waals surface area contributed by atoms with E-state index in [0.29, 0.717) is 23.3 Å². The summed E-state index contributed by atoms with van der Waals surface area (Å²) in [6.07, 6.45) is 3.42. The number of aromatic nitrogens is 2. The Kier molecular flexibility index (Phi) is 3.32. The molecule has 0 saturated heterocycles. The highest BCUT2D eigenvalue weighted by Crippen LogP contribution is 2.20.